The summed E-state index contributed by atoms with van der Waals surface area (Å²) in [5.41, 5.74) is -1.79. The molecule has 1 amide bonds. The highest BCUT2D eigenvalue weighted by Gasteiger charge is 2.64. The van der Waals surface area contributed by atoms with Gasteiger partial charge in [0.25, 0.3) is 5.91 Å². The lowest BCUT2D eigenvalue weighted by Crippen LogP contribution is -2.47. The lowest BCUT2D eigenvalue weighted by molar-refractivity contribution is -0.163. The lowest BCUT2D eigenvalue weighted by Gasteiger charge is -2.20. The van der Waals surface area contributed by atoms with Crippen LogP contribution in [-0.2, 0) is 0 Å². The van der Waals surface area contributed by atoms with Gasteiger partial charge in [0, 0.05) is 10.0 Å². The summed E-state index contributed by atoms with van der Waals surface area (Å²) in [5, 5.41) is 3.85. The number of carbonyl (C=O) groups excluding carboxylic acids is 1. The number of hydrogen-bond acceptors (Lipinski definition) is 1. The molecule has 0 spiro atoms. The molecule has 0 heterocycles. The number of hydrogen-bond donors (Lipinski definition) is 1. The third-order valence-electron chi connectivity index (χ3n) is 3.71. The second-order valence-corrected chi connectivity index (χ2v) is 6.16. The maximum Gasteiger partial charge on any atom is 0.411 e. The normalized spacial score (nSPS) is 16.8. The number of fused-ring (bicyclic) bond motifs is 1. The first-order valence-corrected chi connectivity index (χ1v) is 7.19. The molecule has 0 aromatic heterocycles. The molecule has 0 unspecified atom stereocenters. The molecule has 1 aliphatic rings. The van der Waals surface area contributed by atoms with Crippen LogP contribution in [0.25, 0.3) is 10.8 Å². The van der Waals surface area contributed by atoms with Gasteiger partial charge in [0.05, 0.1) is 0 Å². The molecule has 0 atom stereocenters. The van der Waals surface area contributed by atoms with Crippen molar-refractivity contribution in [1.29, 1.82) is 0 Å². The van der Waals surface area contributed by atoms with Crippen LogP contribution >= 0.6 is 15.9 Å². The molecular formula is C15H11BrF3NO. The molecule has 2 aromatic rings. The van der Waals surface area contributed by atoms with Crippen LogP contribution in [0.2, 0.25) is 0 Å². The minimum Gasteiger partial charge on any atom is -0.338 e. The van der Waals surface area contributed by atoms with Crippen LogP contribution in [0.5, 0.6) is 0 Å². The van der Waals surface area contributed by atoms with E-state index in [1.54, 1.807) is 12.1 Å². The van der Waals surface area contributed by atoms with E-state index in [0.29, 0.717) is 0 Å². The van der Waals surface area contributed by atoms with Crippen molar-refractivity contribution < 1.29 is 18.0 Å². The molecule has 0 radical (unpaired) electrons. The van der Waals surface area contributed by atoms with E-state index < -0.39 is 17.6 Å². The summed E-state index contributed by atoms with van der Waals surface area (Å²) in [5.74, 6) is -0.686. The van der Waals surface area contributed by atoms with Crippen LogP contribution in [0.1, 0.15) is 23.2 Å². The minimum absolute atomic E-state index is 0.0528. The topological polar surface area (TPSA) is 29.1 Å². The quantitative estimate of drug-likeness (QED) is 0.846. The molecule has 1 N–H and O–H groups in total. The summed E-state index contributed by atoms with van der Waals surface area (Å²) in [7, 11) is 0. The molecule has 0 aliphatic heterocycles. The maximum atomic E-state index is 12.8. The summed E-state index contributed by atoms with van der Waals surface area (Å²) in [6, 6.07) is 10.4. The smallest absolute Gasteiger partial charge is 0.338 e. The lowest BCUT2D eigenvalue weighted by atomic mass is 10.1. The number of carbonyl (C=O) groups is 1. The van der Waals surface area contributed by atoms with E-state index >= 15 is 0 Å². The van der Waals surface area contributed by atoms with E-state index in [1.165, 1.54) is 6.07 Å². The molecule has 21 heavy (non-hydrogen) atoms. The van der Waals surface area contributed by atoms with Crippen molar-refractivity contribution in [1.82, 2.24) is 5.32 Å². The summed E-state index contributed by atoms with van der Waals surface area (Å²) >= 11 is 3.35. The van der Waals surface area contributed by atoms with Gasteiger partial charge in [-0.15, -0.1) is 0 Å². The van der Waals surface area contributed by atoms with E-state index in [0.717, 1.165) is 15.2 Å². The second-order valence-electron chi connectivity index (χ2n) is 5.24. The summed E-state index contributed by atoms with van der Waals surface area (Å²) in [4.78, 5) is 12.0. The van der Waals surface area contributed by atoms with Crippen LogP contribution in [0.15, 0.2) is 40.9 Å². The van der Waals surface area contributed by atoms with Crippen LogP contribution in [0.3, 0.4) is 0 Å². The highest BCUT2D eigenvalue weighted by atomic mass is 79.9. The molecule has 0 bridgehead atoms. The molecule has 0 saturated heterocycles. The number of benzene rings is 2. The summed E-state index contributed by atoms with van der Waals surface area (Å²) < 4.78 is 39.5. The van der Waals surface area contributed by atoms with Crippen LogP contribution in [0, 0.1) is 0 Å². The minimum atomic E-state index is -4.40. The fourth-order valence-electron chi connectivity index (χ4n) is 2.25. The molecule has 1 aliphatic carbocycles. The predicted octanol–water partition coefficient (Wildman–Crippen LogP) is 4.43. The molecule has 110 valence electrons. The molecule has 6 heteroatoms. The van der Waals surface area contributed by atoms with Crippen molar-refractivity contribution >= 4 is 32.6 Å². The van der Waals surface area contributed by atoms with Gasteiger partial charge in [-0.3, -0.25) is 4.79 Å². The molecule has 1 fully saturated rings. The van der Waals surface area contributed by atoms with Crippen molar-refractivity contribution in [2.45, 2.75) is 24.6 Å². The van der Waals surface area contributed by atoms with E-state index in [-0.39, 0.29) is 18.4 Å². The Bertz CT molecular complexity index is 722. The monoisotopic (exact) mass is 357 g/mol. The third-order valence-corrected chi connectivity index (χ3v) is 4.20. The summed E-state index contributed by atoms with van der Waals surface area (Å²) in [6.45, 7) is 0. The Morgan fingerprint density at radius 1 is 1.10 bits per heavy atom. The van der Waals surface area contributed by atoms with Crippen LogP contribution in [0.4, 0.5) is 13.2 Å². The van der Waals surface area contributed by atoms with Crippen LogP contribution < -0.4 is 5.32 Å². The van der Waals surface area contributed by atoms with Gasteiger partial charge >= 0.3 is 6.18 Å². The van der Waals surface area contributed by atoms with Crippen molar-refractivity contribution in [3.05, 3.63) is 46.4 Å². The average Bonchev–Trinajstić information content (AvgIpc) is 3.18. The highest BCUT2D eigenvalue weighted by Crippen LogP contribution is 2.49. The second kappa shape index (κ2) is 4.73. The first-order valence-electron chi connectivity index (χ1n) is 6.39. The van der Waals surface area contributed by atoms with Crippen molar-refractivity contribution in [3.8, 4) is 0 Å². The zero-order chi connectivity index (χ0) is 15.3. The van der Waals surface area contributed by atoms with Gasteiger partial charge in [-0.2, -0.15) is 13.2 Å². The zero-order valence-electron chi connectivity index (χ0n) is 10.8. The van der Waals surface area contributed by atoms with E-state index in [2.05, 4.69) is 21.2 Å². The SMILES string of the molecule is O=C(NC1(C(F)(F)F)CC1)c1ccc2cc(Br)ccc2c1. The number of nitrogens with one attached hydrogen (secondary N) is 1. The van der Waals surface area contributed by atoms with Crippen LogP contribution in [-0.4, -0.2) is 17.6 Å². The first-order chi connectivity index (χ1) is 9.81. The van der Waals surface area contributed by atoms with Crippen molar-refractivity contribution in [2.75, 3.05) is 0 Å². The fraction of sp³-hybridized carbons (Fsp3) is 0.267. The standard InChI is InChI=1S/C15H11BrF3NO/c16-12-4-3-9-7-11(2-1-10(9)8-12)13(21)20-14(5-6-14)15(17,18)19/h1-4,7-8H,5-6H2,(H,20,21). The molecule has 3 rings (SSSR count). The van der Waals surface area contributed by atoms with Gasteiger partial charge in [-0.05, 0) is 47.9 Å². The number of amides is 1. The fourth-order valence-corrected chi connectivity index (χ4v) is 2.63. The Hall–Kier alpha value is -1.56. The zero-order valence-corrected chi connectivity index (χ0v) is 12.4. The van der Waals surface area contributed by atoms with Gasteiger partial charge in [0.2, 0.25) is 0 Å². The number of halogens is 4. The van der Waals surface area contributed by atoms with E-state index in [4.69, 9.17) is 0 Å². The average molecular weight is 358 g/mol. The van der Waals surface area contributed by atoms with E-state index in [1.807, 2.05) is 18.2 Å². The summed E-state index contributed by atoms with van der Waals surface area (Å²) in [6.07, 6.45) is -4.50. The van der Waals surface area contributed by atoms with Gasteiger partial charge in [0.1, 0.15) is 5.54 Å². The number of rotatable bonds is 2. The van der Waals surface area contributed by atoms with E-state index in [9.17, 15) is 18.0 Å². The van der Waals surface area contributed by atoms with Gasteiger partial charge in [-0.1, -0.05) is 28.1 Å². The van der Waals surface area contributed by atoms with Crippen molar-refractivity contribution in [2.24, 2.45) is 0 Å². The molecule has 2 aromatic carbocycles. The molecular weight excluding hydrogens is 347 g/mol. The number of alkyl halides is 3. The molecule has 2 nitrogen and oxygen atoms in total. The Balaban J connectivity index is 1.87. The Morgan fingerprint density at radius 3 is 2.33 bits per heavy atom. The third kappa shape index (κ3) is 2.64. The molecule has 1 saturated carbocycles. The van der Waals surface area contributed by atoms with Gasteiger partial charge in [-0.25, -0.2) is 0 Å². The Labute approximate surface area is 127 Å². The Kier molecular flexibility index (Phi) is 3.24. The maximum absolute atomic E-state index is 12.8. The van der Waals surface area contributed by atoms with Gasteiger partial charge < -0.3 is 5.32 Å². The largest absolute Gasteiger partial charge is 0.411 e. The highest BCUT2D eigenvalue weighted by molar-refractivity contribution is 9.10. The van der Waals surface area contributed by atoms with Crippen molar-refractivity contribution in [3.63, 3.8) is 0 Å². The Morgan fingerprint density at radius 2 is 1.71 bits per heavy atom. The first kappa shape index (κ1) is 14.4. The predicted molar refractivity (Wildman–Crippen MR) is 77.1 cm³/mol. The van der Waals surface area contributed by atoms with Gasteiger partial charge in [0.15, 0.2) is 0 Å².